The molecular weight excluding hydrogens is 336 g/mol. The molecule has 0 aromatic carbocycles. The van der Waals surface area contributed by atoms with Gasteiger partial charge in [-0.2, -0.15) is 0 Å². The summed E-state index contributed by atoms with van der Waals surface area (Å²) in [5.41, 5.74) is 2.23. The molecule has 152 valence electrons. The summed E-state index contributed by atoms with van der Waals surface area (Å²) in [7, 11) is 0. The van der Waals surface area contributed by atoms with E-state index in [-0.39, 0.29) is 17.8 Å². The number of ether oxygens (including phenoxy) is 2. The zero-order chi connectivity index (χ0) is 18.6. The third-order valence-corrected chi connectivity index (χ3v) is 9.49. The topological polar surface area (TPSA) is 38.7 Å². The molecule has 5 aliphatic rings. The van der Waals surface area contributed by atoms with Crippen LogP contribution in [0.3, 0.4) is 0 Å². The van der Waals surface area contributed by atoms with E-state index in [0.717, 1.165) is 43.6 Å². The van der Waals surface area contributed by atoms with E-state index in [1.165, 1.54) is 51.4 Å². The fraction of sp³-hybridized carbons (Fsp3) is 0.917. The smallest absolute Gasteiger partial charge is 0.157 e. The summed E-state index contributed by atoms with van der Waals surface area (Å²) >= 11 is 0. The Morgan fingerprint density at radius 3 is 2.74 bits per heavy atom. The van der Waals surface area contributed by atoms with Gasteiger partial charge in [0.05, 0.1) is 12.2 Å². The Hall–Kier alpha value is -0.380. The van der Waals surface area contributed by atoms with Gasteiger partial charge >= 0.3 is 0 Å². The molecular formula is C24H38O3. The van der Waals surface area contributed by atoms with Crippen molar-refractivity contribution in [2.24, 2.45) is 28.6 Å². The highest BCUT2D eigenvalue weighted by molar-refractivity contribution is 5.25. The first-order valence-corrected chi connectivity index (χ1v) is 11.7. The van der Waals surface area contributed by atoms with E-state index in [2.05, 4.69) is 19.9 Å². The highest BCUT2D eigenvalue weighted by Crippen LogP contribution is 2.64. The van der Waals surface area contributed by atoms with Crippen LogP contribution in [0.4, 0.5) is 0 Å². The van der Waals surface area contributed by atoms with E-state index < -0.39 is 0 Å². The molecule has 1 aliphatic heterocycles. The molecule has 5 rings (SSSR count). The van der Waals surface area contributed by atoms with E-state index >= 15 is 0 Å². The van der Waals surface area contributed by atoms with Gasteiger partial charge in [-0.05, 0) is 99.2 Å². The van der Waals surface area contributed by atoms with Crippen LogP contribution in [0.5, 0.6) is 0 Å². The van der Waals surface area contributed by atoms with E-state index in [9.17, 15) is 5.11 Å². The summed E-state index contributed by atoms with van der Waals surface area (Å²) in [6.45, 7) is 5.80. The van der Waals surface area contributed by atoms with Gasteiger partial charge in [0.1, 0.15) is 0 Å². The van der Waals surface area contributed by atoms with Gasteiger partial charge in [-0.25, -0.2) is 0 Å². The molecule has 4 aliphatic carbocycles. The molecule has 1 saturated heterocycles. The predicted molar refractivity (Wildman–Crippen MR) is 106 cm³/mol. The van der Waals surface area contributed by atoms with Gasteiger partial charge in [0.15, 0.2) is 6.29 Å². The van der Waals surface area contributed by atoms with Gasteiger partial charge in [-0.1, -0.05) is 25.5 Å². The molecule has 0 spiro atoms. The average molecular weight is 375 g/mol. The Morgan fingerprint density at radius 2 is 1.93 bits per heavy atom. The number of hydrogen-bond acceptors (Lipinski definition) is 3. The molecule has 0 amide bonds. The van der Waals surface area contributed by atoms with E-state index in [1.807, 2.05) is 0 Å². The summed E-state index contributed by atoms with van der Waals surface area (Å²) in [6.07, 6.45) is 16.0. The number of allylic oxidation sites excluding steroid dienone is 1. The van der Waals surface area contributed by atoms with Crippen LogP contribution in [0.15, 0.2) is 11.6 Å². The summed E-state index contributed by atoms with van der Waals surface area (Å²) in [6, 6.07) is 0. The zero-order valence-electron chi connectivity index (χ0n) is 17.3. The Kier molecular flexibility index (Phi) is 4.73. The Balaban J connectivity index is 1.32. The largest absolute Gasteiger partial charge is 0.393 e. The van der Waals surface area contributed by atoms with Crippen LogP contribution in [0.25, 0.3) is 0 Å². The lowest BCUT2D eigenvalue weighted by molar-refractivity contribution is -0.195. The van der Waals surface area contributed by atoms with Crippen LogP contribution >= 0.6 is 0 Å². The van der Waals surface area contributed by atoms with E-state index in [4.69, 9.17) is 9.47 Å². The SMILES string of the molecule is C[C@]12CC[C@@H]3[C@H](CC=C4C[C@@H](O[C@H]5CCCCO5)CC[C@@]43C)[C@H]1CC[C@H]2O. The minimum absolute atomic E-state index is 0.0420. The lowest BCUT2D eigenvalue weighted by Gasteiger charge is -2.57. The van der Waals surface area contributed by atoms with Crippen LogP contribution in [0, 0.1) is 28.6 Å². The minimum Gasteiger partial charge on any atom is -0.393 e. The Labute approximate surface area is 164 Å². The molecule has 4 fully saturated rings. The second-order valence-corrected chi connectivity index (χ2v) is 10.7. The second kappa shape index (κ2) is 6.85. The third-order valence-electron chi connectivity index (χ3n) is 9.49. The molecule has 3 nitrogen and oxygen atoms in total. The van der Waals surface area contributed by atoms with Crippen LogP contribution in [0.2, 0.25) is 0 Å². The van der Waals surface area contributed by atoms with Crippen molar-refractivity contribution in [1.29, 1.82) is 0 Å². The number of rotatable bonds is 2. The number of hydrogen-bond donors (Lipinski definition) is 1. The molecule has 3 saturated carbocycles. The van der Waals surface area contributed by atoms with Crippen molar-refractivity contribution in [3.63, 3.8) is 0 Å². The van der Waals surface area contributed by atoms with Gasteiger partial charge in [0, 0.05) is 6.61 Å². The molecule has 0 radical (unpaired) electrons. The average Bonchev–Trinajstić information content (AvgIpc) is 2.98. The number of fused-ring (bicyclic) bond motifs is 5. The maximum absolute atomic E-state index is 10.6. The third kappa shape index (κ3) is 2.95. The van der Waals surface area contributed by atoms with Crippen molar-refractivity contribution < 1.29 is 14.6 Å². The van der Waals surface area contributed by atoms with Gasteiger partial charge in [0.25, 0.3) is 0 Å². The normalized spacial score (nSPS) is 52.5. The van der Waals surface area contributed by atoms with E-state index in [0.29, 0.717) is 11.5 Å². The van der Waals surface area contributed by atoms with Gasteiger partial charge in [0.2, 0.25) is 0 Å². The lowest BCUT2D eigenvalue weighted by Crippen LogP contribution is -2.51. The monoisotopic (exact) mass is 374 g/mol. The highest BCUT2D eigenvalue weighted by atomic mass is 16.7. The highest BCUT2D eigenvalue weighted by Gasteiger charge is 2.58. The zero-order valence-corrected chi connectivity index (χ0v) is 17.3. The van der Waals surface area contributed by atoms with Crippen molar-refractivity contribution in [3.05, 3.63) is 11.6 Å². The van der Waals surface area contributed by atoms with Gasteiger partial charge in [-0.3, -0.25) is 0 Å². The summed E-state index contributed by atoms with van der Waals surface area (Å²) in [4.78, 5) is 0. The Bertz CT molecular complexity index is 594. The lowest BCUT2D eigenvalue weighted by atomic mass is 9.48. The molecule has 1 N–H and O–H groups in total. The fourth-order valence-corrected chi connectivity index (χ4v) is 7.75. The molecule has 1 heterocycles. The summed E-state index contributed by atoms with van der Waals surface area (Å²) in [5, 5.41) is 10.6. The first-order chi connectivity index (χ1) is 13.0. The quantitative estimate of drug-likeness (QED) is 0.673. The van der Waals surface area contributed by atoms with Gasteiger partial charge < -0.3 is 14.6 Å². The number of aliphatic hydroxyl groups is 1. The second-order valence-electron chi connectivity index (χ2n) is 10.7. The molecule has 0 aromatic rings. The van der Waals surface area contributed by atoms with Crippen molar-refractivity contribution in [2.75, 3.05) is 6.61 Å². The summed E-state index contributed by atoms with van der Waals surface area (Å²) < 4.78 is 12.2. The van der Waals surface area contributed by atoms with Crippen LogP contribution in [-0.2, 0) is 9.47 Å². The molecule has 27 heavy (non-hydrogen) atoms. The maximum atomic E-state index is 10.6. The summed E-state index contributed by atoms with van der Waals surface area (Å²) in [5.74, 6) is 2.33. The van der Waals surface area contributed by atoms with Crippen molar-refractivity contribution in [3.8, 4) is 0 Å². The van der Waals surface area contributed by atoms with Gasteiger partial charge in [-0.15, -0.1) is 0 Å². The molecule has 3 heteroatoms. The first-order valence-electron chi connectivity index (χ1n) is 11.7. The Morgan fingerprint density at radius 1 is 1.04 bits per heavy atom. The van der Waals surface area contributed by atoms with Crippen molar-refractivity contribution in [1.82, 2.24) is 0 Å². The minimum atomic E-state index is -0.0683. The molecule has 0 bridgehead atoms. The molecule has 0 aromatic heterocycles. The maximum Gasteiger partial charge on any atom is 0.157 e. The number of aliphatic hydroxyl groups excluding tert-OH is 1. The van der Waals surface area contributed by atoms with E-state index in [1.54, 1.807) is 5.57 Å². The van der Waals surface area contributed by atoms with Crippen molar-refractivity contribution >= 4 is 0 Å². The first kappa shape index (κ1) is 18.6. The van der Waals surface area contributed by atoms with Crippen molar-refractivity contribution in [2.45, 2.75) is 103 Å². The standard InChI is InChI=1S/C24H38O3/c1-23-12-10-17(27-22-5-3-4-14-26-22)15-16(23)6-7-18-19-8-9-21(25)24(19,2)13-11-20(18)23/h6,17-22,25H,3-5,7-15H2,1-2H3/t17-,18+,19+,20+,21+,22-,23-,24-/m0/s1. The fourth-order valence-electron chi connectivity index (χ4n) is 7.75. The van der Waals surface area contributed by atoms with Crippen LogP contribution < -0.4 is 0 Å². The molecule has 8 atom stereocenters. The predicted octanol–water partition coefficient (Wildman–Crippen LogP) is 5.22. The van der Waals surface area contributed by atoms with Crippen LogP contribution in [-0.4, -0.2) is 30.2 Å². The molecule has 0 unspecified atom stereocenters. The van der Waals surface area contributed by atoms with Crippen LogP contribution in [0.1, 0.15) is 84.5 Å².